The first kappa shape index (κ1) is 21.4. The molecule has 1 aromatic heterocycles. The second-order valence-corrected chi connectivity index (χ2v) is 12.3. The van der Waals surface area contributed by atoms with Gasteiger partial charge in [0.15, 0.2) is 0 Å². The van der Waals surface area contributed by atoms with Crippen molar-refractivity contribution in [2.75, 3.05) is 29.5 Å². The Morgan fingerprint density at radius 1 is 1.19 bits per heavy atom. The highest BCUT2D eigenvalue weighted by Gasteiger charge is 2.56. The highest BCUT2D eigenvalue weighted by molar-refractivity contribution is 9.10. The normalized spacial score (nSPS) is 23.1. The summed E-state index contributed by atoms with van der Waals surface area (Å²) in [4.78, 5) is 14.4. The van der Waals surface area contributed by atoms with Crippen LogP contribution >= 0.6 is 37.9 Å². The van der Waals surface area contributed by atoms with Gasteiger partial charge in [-0.25, -0.2) is 8.78 Å². The van der Waals surface area contributed by atoms with Crippen LogP contribution in [0.1, 0.15) is 6.42 Å². The van der Waals surface area contributed by atoms with Gasteiger partial charge < -0.3 is 4.90 Å². The van der Waals surface area contributed by atoms with Crippen molar-refractivity contribution in [1.29, 1.82) is 0 Å². The molecule has 5 nitrogen and oxygen atoms in total. The summed E-state index contributed by atoms with van der Waals surface area (Å²) in [6, 6.07) is 11.7. The molecule has 0 radical (unpaired) electrons. The molecule has 0 spiro atoms. The number of fused-ring (bicyclic) bond motifs is 1. The maximum Gasteiger partial charge on any atom is 0.308 e. The van der Waals surface area contributed by atoms with E-state index < -0.39 is 22.4 Å². The van der Waals surface area contributed by atoms with E-state index in [1.807, 2.05) is 36.4 Å². The predicted molar refractivity (Wildman–Crippen MR) is 127 cm³/mol. The number of benzene rings is 2. The van der Waals surface area contributed by atoms with Crippen molar-refractivity contribution in [3.05, 3.63) is 50.5 Å². The molecule has 2 heterocycles. The third kappa shape index (κ3) is 4.04. The molecular weight excluding hydrogens is 510 g/mol. The number of anilines is 1. The summed E-state index contributed by atoms with van der Waals surface area (Å²) in [6.07, 6.45) is -0.158. The topological polar surface area (TPSA) is 65.7 Å². The molecule has 2 fully saturated rings. The van der Waals surface area contributed by atoms with Crippen molar-refractivity contribution in [2.45, 2.75) is 18.9 Å². The van der Waals surface area contributed by atoms with Gasteiger partial charge in [0.05, 0.1) is 21.7 Å². The van der Waals surface area contributed by atoms with Crippen molar-refractivity contribution in [2.24, 2.45) is 5.92 Å². The van der Waals surface area contributed by atoms with Crippen LogP contribution in [0.3, 0.4) is 0 Å². The summed E-state index contributed by atoms with van der Waals surface area (Å²) >= 11 is 4.71. The monoisotopic (exact) mass is 530 g/mol. The molecule has 2 aromatic carbocycles. The van der Waals surface area contributed by atoms with Gasteiger partial charge >= 0.3 is 4.87 Å². The Hall–Kier alpha value is -1.46. The zero-order chi connectivity index (χ0) is 22.0. The lowest BCUT2D eigenvalue weighted by Gasteiger charge is -2.42. The predicted octanol–water partition coefficient (Wildman–Crippen LogP) is 5.72. The van der Waals surface area contributed by atoms with Crippen LogP contribution in [0, 0.1) is 5.92 Å². The third-order valence-electron chi connectivity index (χ3n) is 6.03. The molecule has 5 rings (SSSR count). The molecule has 2 aliphatic rings. The van der Waals surface area contributed by atoms with Crippen molar-refractivity contribution < 1.29 is 17.9 Å². The molecule has 166 valence electrons. The van der Waals surface area contributed by atoms with Crippen molar-refractivity contribution in [3.8, 4) is 11.1 Å². The molecule has 2 N–H and O–H groups in total. The van der Waals surface area contributed by atoms with Crippen molar-refractivity contribution in [1.82, 2.24) is 4.57 Å². The Labute approximate surface area is 191 Å². The van der Waals surface area contributed by atoms with Gasteiger partial charge in [-0.1, -0.05) is 29.5 Å². The lowest BCUT2D eigenvalue weighted by molar-refractivity contribution is 0.0953. The number of rotatable bonds is 4. The number of hydrogen-bond acceptors (Lipinski definition) is 5. The highest BCUT2D eigenvalue weighted by Crippen LogP contribution is 2.50. The van der Waals surface area contributed by atoms with Crippen LogP contribution in [0.15, 0.2) is 45.7 Å². The largest absolute Gasteiger partial charge is 0.368 e. The maximum absolute atomic E-state index is 13.4. The summed E-state index contributed by atoms with van der Waals surface area (Å²) in [5.41, 5.74) is 3.55. The van der Waals surface area contributed by atoms with Gasteiger partial charge in [-0.2, -0.15) is 10.6 Å². The van der Waals surface area contributed by atoms with E-state index in [1.54, 1.807) is 0 Å². The lowest BCUT2D eigenvalue weighted by atomic mass is 10.0. The molecule has 31 heavy (non-hydrogen) atoms. The van der Waals surface area contributed by atoms with Crippen molar-refractivity contribution in [3.63, 3.8) is 0 Å². The second kappa shape index (κ2) is 7.55. The molecule has 10 heteroatoms. The van der Waals surface area contributed by atoms with E-state index in [2.05, 4.69) is 20.8 Å². The number of aromatic nitrogens is 1. The van der Waals surface area contributed by atoms with Crippen LogP contribution < -0.4 is 9.77 Å². The Morgan fingerprint density at radius 2 is 1.90 bits per heavy atom. The minimum absolute atomic E-state index is 0.0429. The van der Waals surface area contributed by atoms with E-state index in [0.29, 0.717) is 30.1 Å². The van der Waals surface area contributed by atoms with Crippen molar-refractivity contribution >= 4 is 53.8 Å². The van der Waals surface area contributed by atoms with Crippen LogP contribution in [-0.2, 0) is 6.54 Å². The second-order valence-electron chi connectivity index (χ2n) is 8.16. The summed E-state index contributed by atoms with van der Waals surface area (Å²) in [5, 5.41) is 0. The fourth-order valence-electron chi connectivity index (χ4n) is 4.04. The molecular formula is C21H21BrF2N2O3S2. The van der Waals surface area contributed by atoms with E-state index in [0.717, 1.165) is 37.3 Å². The molecule has 1 atom stereocenters. The fraction of sp³-hybridized carbons (Fsp3) is 0.381. The standard InChI is InChI=1S/C21H21BrF2N2O3S2/c22-18-16(13-2-1-3-15(10-13)25-6-8-31(28,29)9-7-25)4-5-17-19(18)30-20(27)26(17)12-14-11-21(14,23)24/h1-5,10,14,28-29H,6-9,11-12H2. The average molecular weight is 531 g/mol. The van der Waals surface area contributed by atoms with Gasteiger partial charge in [0.25, 0.3) is 5.92 Å². The van der Waals surface area contributed by atoms with Crippen LogP contribution in [0.5, 0.6) is 0 Å². The SMILES string of the molecule is O=c1sc2c(Br)c(-c3cccc(N4CCS(O)(O)CC4)c3)ccc2n1CC1CC1(F)F. The van der Waals surface area contributed by atoms with Crippen LogP contribution in [0.2, 0.25) is 0 Å². The zero-order valence-electron chi connectivity index (χ0n) is 16.4. The quantitative estimate of drug-likeness (QED) is 0.452. The Bertz CT molecular complexity index is 1220. The van der Waals surface area contributed by atoms with Gasteiger partial charge in [0.2, 0.25) is 0 Å². The number of alkyl halides is 2. The molecule has 0 amide bonds. The minimum Gasteiger partial charge on any atom is -0.368 e. The number of nitrogens with zero attached hydrogens (tertiary/aromatic N) is 2. The zero-order valence-corrected chi connectivity index (χ0v) is 19.7. The number of hydrogen-bond donors (Lipinski definition) is 2. The summed E-state index contributed by atoms with van der Waals surface area (Å²) in [7, 11) is -2.46. The smallest absolute Gasteiger partial charge is 0.308 e. The first-order valence-corrected chi connectivity index (χ1v) is 13.4. The van der Waals surface area contributed by atoms with E-state index >= 15 is 0 Å². The fourth-order valence-corrected chi connectivity index (χ4v) is 7.01. The Morgan fingerprint density at radius 3 is 2.58 bits per heavy atom. The molecule has 3 aromatic rings. The number of thiazole rings is 1. The Kier molecular flexibility index (Phi) is 5.21. The first-order valence-electron chi connectivity index (χ1n) is 9.93. The molecule has 1 aliphatic carbocycles. The lowest BCUT2D eigenvalue weighted by Crippen LogP contribution is -2.38. The van der Waals surface area contributed by atoms with E-state index in [9.17, 15) is 22.7 Å². The third-order valence-corrected chi connectivity index (χ3v) is 9.81. The Balaban J connectivity index is 1.47. The van der Waals surface area contributed by atoms with Gasteiger partial charge in [-0.05, 0) is 45.3 Å². The van der Waals surface area contributed by atoms with Crippen LogP contribution in [0.25, 0.3) is 21.3 Å². The molecule has 0 bridgehead atoms. The van der Waals surface area contributed by atoms with E-state index in [1.165, 1.54) is 4.57 Å². The highest BCUT2D eigenvalue weighted by atomic mass is 79.9. The van der Waals surface area contributed by atoms with E-state index in [-0.39, 0.29) is 17.8 Å². The minimum atomic E-state index is -2.66. The summed E-state index contributed by atoms with van der Waals surface area (Å²) < 4.78 is 49.4. The average Bonchev–Trinajstić information content (AvgIpc) is 3.20. The molecule has 1 aliphatic heterocycles. The van der Waals surface area contributed by atoms with Gasteiger partial charge in [-0.15, -0.1) is 0 Å². The van der Waals surface area contributed by atoms with Gasteiger partial charge in [0.1, 0.15) is 0 Å². The first-order chi connectivity index (χ1) is 14.6. The van der Waals surface area contributed by atoms with E-state index in [4.69, 9.17) is 0 Å². The molecule has 1 saturated heterocycles. The van der Waals surface area contributed by atoms with Gasteiger partial charge in [0, 0.05) is 42.1 Å². The van der Waals surface area contributed by atoms with Gasteiger partial charge in [-0.3, -0.25) is 18.5 Å². The molecule has 1 unspecified atom stereocenters. The summed E-state index contributed by atoms with van der Waals surface area (Å²) in [5.74, 6) is -2.68. The van der Waals surface area contributed by atoms with Crippen LogP contribution in [-0.4, -0.2) is 44.2 Å². The van der Waals surface area contributed by atoms with Crippen LogP contribution in [0.4, 0.5) is 14.5 Å². The summed E-state index contributed by atoms with van der Waals surface area (Å²) in [6.45, 7) is 1.21. The molecule has 1 saturated carbocycles. The maximum atomic E-state index is 13.4. The number of halogens is 3.